The minimum absolute atomic E-state index is 0.289. The molecule has 0 bridgehead atoms. The van der Waals surface area contributed by atoms with Crippen LogP contribution in [0.4, 0.5) is 0 Å². The average Bonchev–Trinajstić information content (AvgIpc) is 2.61. The van der Waals surface area contributed by atoms with Gasteiger partial charge in [-0.15, -0.1) is 0 Å². The second-order valence-corrected chi connectivity index (χ2v) is 9.21. The molecule has 1 aliphatic heterocycles. The van der Waals surface area contributed by atoms with Gasteiger partial charge in [-0.1, -0.05) is 32.9 Å². The quantitative estimate of drug-likeness (QED) is 0.766. The number of nitrogens with zero attached hydrogens (tertiary/aromatic N) is 2. The van der Waals surface area contributed by atoms with Crippen LogP contribution in [0.15, 0.2) is 29.2 Å². The summed E-state index contributed by atoms with van der Waals surface area (Å²) in [6.45, 7) is 12.1. The van der Waals surface area contributed by atoms with Crippen LogP contribution in [0.5, 0.6) is 0 Å². The van der Waals surface area contributed by atoms with Gasteiger partial charge in [-0.2, -0.15) is 0 Å². The Morgan fingerprint density at radius 2 is 1.68 bits per heavy atom. The molecule has 1 aliphatic rings. The van der Waals surface area contributed by atoms with Gasteiger partial charge in [0.1, 0.15) is 0 Å². The zero-order valence-electron chi connectivity index (χ0n) is 16.0. The summed E-state index contributed by atoms with van der Waals surface area (Å²) in [6, 6.07) is 7.29. The number of piperazine rings is 1. The van der Waals surface area contributed by atoms with Crippen molar-refractivity contribution in [2.45, 2.75) is 38.0 Å². The van der Waals surface area contributed by atoms with Crippen LogP contribution >= 0.6 is 0 Å². The minimum Gasteiger partial charge on any atom is -0.304 e. The summed E-state index contributed by atoms with van der Waals surface area (Å²) in [7, 11) is -1.29. The number of likely N-dealkylation sites (N-methyl/N-ethyl adjacent to an activating group) is 1. The highest BCUT2D eigenvalue weighted by Gasteiger charge is 2.19. The Morgan fingerprint density at radius 1 is 1.08 bits per heavy atom. The molecule has 2 atom stereocenters. The first-order valence-corrected chi connectivity index (χ1v) is 10.8. The van der Waals surface area contributed by atoms with E-state index in [1.165, 1.54) is 5.56 Å². The maximum atomic E-state index is 12.5. The van der Waals surface area contributed by atoms with Crippen molar-refractivity contribution in [3.05, 3.63) is 29.8 Å². The Kier molecular flexibility index (Phi) is 7.43. The Balaban J connectivity index is 1.86. The van der Waals surface area contributed by atoms with Gasteiger partial charge in [0, 0.05) is 39.3 Å². The van der Waals surface area contributed by atoms with E-state index in [4.69, 9.17) is 0 Å². The highest BCUT2D eigenvalue weighted by Crippen LogP contribution is 2.20. The van der Waals surface area contributed by atoms with E-state index in [2.05, 4.69) is 42.3 Å². The standard InChI is InChI=1S/C19H33N3O2S/c1-5-17(3)18-6-8-19(9-7-18)25(23,24)20-14-16(2)15-22-12-10-21(4)11-13-22/h6-9,16-17,20H,5,10-15H2,1-4H3. The molecule has 1 aromatic carbocycles. The Bertz CT molecular complexity index is 623. The zero-order chi connectivity index (χ0) is 18.4. The maximum absolute atomic E-state index is 12.5. The molecule has 25 heavy (non-hydrogen) atoms. The number of benzene rings is 1. The van der Waals surface area contributed by atoms with Gasteiger partial charge in [0.15, 0.2) is 0 Å². The summed E-state index contributed by atoms with van der Waals surface area (Å²) in [5.41, 5.74) is 1.19. The van der Waals surface area contributed by atoms with Gasteiger partial charge in [-0.3, -0.25) is 0 Å². The summed E-state index contributed by atoms with van der Waals surface area (Å²) in [5.74, 6) is 0.742. The molecular formula is C19H33N3O2S. The van der Waals surface area contributed by atoms with Crippen molar-refractivity contribution in [1.82, 2.24) is 14.5 Å². The highest BCUT2D eigenvalue weighted by atomic mass is 32.2. The second kappa shape index (κ2) is 9.12. The number of rotatable bonds is 8. The summed E-state index contributed by atoms with van der Waals surface area (Å²) in [5, 5.41) is 0. The van der Waals surface area contributed by atoms with E-state index in [-0.39, 0.29) is 5.92 Å². The topological polar surface area (TPSA) is 52.7 Å². The largest absolute Gasteiger partial charge is 0.304 e. The van der Waals surface area contributed by atoms with E-state index in [0.717, 1.165) is 39.1 Å². The number of hydrogen-bond acceptors (Lipinski definition) is 4. The van der Waals surface area contributed by atoms with E-state index in [0.29, 0.717) is 17.4 Å². The predicted molar refractivity (Wildman–Crippen MR) is 103 cm³/mol. The van der Waals surface area contributed by atoms with E-state index in [1.54, 1.807) is 12.1 Å². The summed E-state index contributed by atoms with van der Waals surface area (Å²) < 4.78 is 27.8. The monoisotopic (exact) mass is 367 g/mol. The lowest BCUT2D eigenvalue weighted by atomic mass is 9.99. The van der Waals surface area contributed by atoms with Gasteiger partial charge in [0.25, 0.3) is 0 Å². The molecule has 1 N–H and O–H groups in total. The summed E-state index contributed by atoms with van der Waals surface area (Å²) in [6.07, 6.45) is 1.05. The first-order valence-electron chi connectivity index (χ1n) is 9.32. The van der Waals surface area contributed by atoms with E-state index in [9.17, 15) is 8.42 Å². The number of hydrogen-bond donors (Lipinski definition) is 1. The van der Waals surface area contributed by atoms with Gasteiger partial charge in [-0.25, -0.2) is 13.1 Å². The van der Waals surface area contributed by atoms with Crippen LogP contribution in [0.3, 0.4) is 0 Å². The Hall–Kier alpha value is -0.950. The second-order valence-electron chi connectivity index (χ2n) is 7.44. The molecule has 0 saturated carbocycles. The smallest absolute Gasteiger partial charge is 0.240 e. The van der Waals surface area contributed by atoms with Gasteiger partial charge in [0.05, 0.1) is 4.90 Å². The molecule has 1 heterocycles. The van der Waals surface area contributed by atoms with E-state index >= 15 is 0 Å². The van der Waals surface area contributed by atoms with Crippen LogP contribution in [-0.2, 0) is 10.0 Å². The molecule has 0 aliphatic carbocycles. The number of sulfonamides is 1. The van der Waals surface area contributed by atoms with Crippen LogP contribution in [-0.4, -0.2) is 64.5 Å². The van der Waals surface area contributed by atoms with Crippen molar-refractivity contribution in [1.29, 1.82) is 0 Å². The van der Waals surface area contributed by atoms with Crippen LogP contribution < -0.4 is 4.72 Å². The van der Waals surface area contributed by atoms with Crippen molar-refractivity contribution in [3.63, 3.8) is 0 Å². The minimum atomic E-state index is -3.43. The Morgan fingerprint density at radius 3 is 2.24 bits per heavy atom. The predicted octanol–water partition coefficient (Wildman–Crippen LogP) is 2.36. The van der Waals surface area contributed by atoms with Crippen molar-refractivity contribution in [2.75, 3.05) is 46.3 Å². The lowest BCUT2D eigenvalue weighted by Crippen LogP contribution is -2.46. The fourth-order valence-electron chi connectivity index (χ4n) is 3.08. The van der Waals surface area contributed by atoms with Crippen molar-refractivity contribution in [2.24, 2.45) is 5.92 Å². The highest BCUT2D eigenvalue weighted by molar-refractivity contribution is 7.89. The van der Waals surface area contributed by atoms with E-state index < -0.39 is 10.0 Å². The summed E-state index contributed by atoms with van der Waals surface area (Å²) in [4.78, 5) is 5.10. The molecule has 1 saturated heterocycles. The molecule has 0 spiro atoms. The zero-order valence-corrected chi connectivity index (χ0v) is 16.8. The SMILES string of the molecule is CCC(C)c1ccc(S(=O)(=O)NCC(C)CN2CCN(C)CC2)cc1. The molecule has 0 radical (unpaired) electrons. The molecule has 2 rings (SSSR count). The van der Waals surface area contributed by atoms with Crippen LogP contribution in [0.25, 0.3) is 0 Å². The third-order valence-electron chi connectivity index (χ3n) is 5.16. The van der Waals surface area contributed by atoms with Gasteiger partial charge in [-0.05, 0) is 43.0 Å². The molecule has 2 unspecified atom stereocenters. The third-order valence-corrected chi connectivity index (χ3v) is 6.60. The summed E-state index contributed by atoms with van der Waals surface area (Å²) >= 11 is 0. The van der Waals surface area contributed by atoms with Gasteiger partial charge >= 0.3 is 0 Å². The first kappa shape index (κ1) is 20.4. The van der Waals surface area contributed by atoms with Crippen LogP contribution in [0.2, 0.25) is 0 Å². The van der Waals surface area contributed by atoms with Crippen molar-refractivity contribution in [3.8, 4) is 0 Å². The average molecular weight is 368 g/mol. The molecule has 5 nitrogen and oxygen atoms in total. The molecular weight excluding hydrogens is 334 g/mol. The Labute approximate surface area is 153 Å². The molecule has 0 aromatic heterocycles. The first-order chi connectivity index (χ1) is 11.8. The normalized spacial score (nSPS) is 19.7. The molecule has 1 fully saturated rings. The molecule has 0 amide bonds. The fourth-order valence-corrected chi connectivity index (χ4v) is 4.25. The van der Waals surface area contributed by atoms with Crippen molar-refractivity contribution < 1.29 is 8.42 Å². The van der Waals surface area contributed by atoms with Crippen molar-refractivity contribution >= 4 is 10.0 Å². The lowest BCUT2D eigenvalue weighted by Gasteiger charge is -2.33. The van der Waals surface area contributed by atoms with Crippen LogP contribution in [0, 0.1) is 5.92 Å². The van der Waals surface area contributed by atoms with Gasteiger partial charge in [0.2, 0.25) is 10.0 Å². The third kappa shape index (κ3) is 6.06. The fraction of sp³-hybridized carbons (Fsp3) is 0.684. The molecule has 142 valence electrons. The number of nitrogens with one attached hydrogen (secondary N) is 1. The van der Waals surface area contributed by atoms with Gasteiger partial charge < -0.3 is 9.80 Å². The molecule has 1 aromatic rings. The van der Waals surface area contributed by atoms with Crippen LogP contribution in [0.1, 0.15) is 38.7 Å². The van der Waals surface area contributed by atoms with E-state index in [1.807, 2.05) is 12.1 Å². The molecule has 6 heteroatoms. The lowest BCUT2D eigenvalue weighted by molar-refractivity contribution is 0.139. The maximum Gasteiger partial charge on any atom is 0.240 e.